The lowest BCUT2D eigenvalue weighted by molar-refractivity contribution is 0.235. The van der Waals surface area contributed by atoms with Gasteiger partial charge in [-0.05, 0) is 25.7 Å². The third-order valence-corrected chi connectivity index (χ3v) is 4.52. The molecule has 0 saturated heterocycles. The number of aromatic nitrogens is 2. The molecule has 0 bridgehead atoms. The summed E-state index contributed by atoms with van der Waals surface area (Å²) in [7, 11) is 0. The zero-order chi connectivity index (χ0) is 14.5. The van der Waals surface area contributed by atoms with E-state index < -0.39 is 0 Å². The maximum absolute atomic E-state index is 11.9. The van der Waals surface area contributed by atoms with Gasteiger partial charge < -0.3 is 15.2 Å². The summed E-state index contributed by atoms with van der Waals surface area (Å²) in [6, 6.07) is 0.345. The van der Waals surface area contributed by atoms with Gasteiger partial charge in [0.05, 0.1) is 0 Å². The lowest BCUT2D eigenvalue weighted by Crippen LogP contribution is -2.42. The molecule has 5 nitrogen and oxygen atoms in total. The van der Waals surface area contributed by atoms with Crippen molar-refractivity contribution in [3.8, 4) is 0 Å². The molecule has 1 aromatic rings. The van der Waals surface area contributed by atoms with Crippen molar-refractivity contribution in [3.63, 3.8) is 0 Å². The number of nitrogens with zero attached hydrogens (tertiary/aromatic N) is 2. The molecule has 2 aliphatic carbocycles. The van der Waals surface area contributed by atoms with Crippen LogP contribution in [0.25, 0.3) is 0 Å². The average molecular weight is 290 g/mol. The Morgan fingerprint density at radius 1 is 1.19 bits per heavy atom. The Balaban J connectivity index is 1.38. The van der Waals surface area contributed by atoms with E-state index in [-0.39, 0.29) is 6.03 Å². The zero-order valence-electron chi connectivity index (χ0n) is 12.7. The lowest BCUT2D eigenvalue weighted by atomic mass is 10.1. The van der Waals surface area contributed by atoms with Crippen LogP contribution in [0, 0.1) is 0 Å². The van der Waals surface area contributed by atoms with Gasteiger partial charge in [0.15, 0.2) is 0 Å². The summed E-state index contributed by atoms with van der Waals surface area (Å²) in [4.78, 5) is 16.4. The third-order valence-electron chi connectivity index (χ3n) is 4.52. The number of carbonyl (C=O) groups is 1. The lowest BCUT2D eigenvalue weighted by Gasteiger charge is -2.17. The number of urea groups is 1. The van der Waals surface area contributed by atoms with Gasteiger partial charge in [-0.3, -0.25) is 0 Å². The molecular weight excluding hydrogens is 264 g/mol. The smallest absolute Gasteiger partial charge is 0.315 e. The highest BCUT2D eigenvalue weighted by molar-refractivity contribution is 5.74. The second kappa shape index (κ2) is 6.96. The molecule has 1 heterocycles. The van der Waals surface area contributed by atoms with Crippen LogP contribution in [0.2, 0.25) is 0 Å². The normalized spacial score (nSPS) is 20.0. The minimum Gasteiger partial charge on any atom is -0.336 e. The Hall–Kier alpha value is -1.52. The number of carbonyl (C=O) groups excluding carboxylic acids is 1. The van der Waals surface area contributed by atoms with Crippen LogP contribution in [0.5, 0.6) is 0 Å². The van der Waals surface area contributed by atoms with Crippen LogP contribution in [0.4, 0.5) is 4.79 Å². The van der Waals surface area contributed by atoms with Crippen molar-refractivity contribution in [2.24, 2.45) is 0 Å². The van der Waals surface area contributed by atoms with Crippen LogP contribution in [0.15, 0.2) is 12.4 Å². The first-order valence-electron chi connectivity index (χ1n) is 8.38. The molecule has 21 heavy (non-hydrogen) atoms. The maximum Gasteiger partial charge on any atom is 0.315 e. The SMILES string of the molecule is O=C(NCCn1ccnc1C1CC1)NC1CCCCCC1. The van der Waals surface area contributed by atoms with Gasteiger partial charge >= 0.3 is 6.03 Å². The van der Waals surface area contributed by atoms with Crippen molar-refractivity contribution in [2.75, 3.05) is 6.54 Å². The number of nitrogens with one attached hydrogen (secondary N) is 2. The van der Waals surface area contributed by atoms with Crippen molar-refractivity contribution in [1.82, 2.24) is 20.2 Å². The summed E-state index contributed by atoms with van der Waals surface area (Å²) in [6.45, 7) is 1.47. The number of hydrogen-bond acceptors (Lipinski definition) is 2. The van der Waals surface area contributed by atoms with Crippen molar-refractivity contribution in [2.45, 2.75) is 69.9 Å². The molecule has 2 saturated carbocycles. The van der Waals surface area contributed by atoms with E-state index in [1.807, 2.05) is 12.4 Å². The summed E-state index contributed by atoms with van der Waals surface area (Å²) in [5, 5.41) is 6.09. The van der Waals surface area contributed by atoms with Gasteiger partial charge in [0.25, 0.3) is 0 Å². The van der Waals surface area contributed by atoms with Crippen molar-refractivity contribution in [3.05, 3.63) is 18.2 Å². The molecule has 0 radical (unpaired) electrons. The molecule has 1 aromatic heterocycles. The first kappa shape index (κ1) is 14.4. The molecule has 0 aromatic carbocycles. The molecule has 0 unspecified atom stereocenters. The van der Waals surface area contributed by atoms with Crippen molar-refractivity contribution in [1.29, 1.82) is 0 Å². The molecule has 0 spiro atoms. The van der Waals surface area contributed by atoms with E-state index in [2.05, 4.69) is 20.2 Å². The van der Waals surface area contributed by atoms with Crippen molar-refractivity contribution < 1.29 is 4.79 Å². The van der Waals surface area contributed by atoms with Crippen LogP contribution < -0.4 is 10.6 Å². The molecule has 2 fully saturated rings. The highest BCUT2D eigenvalue weighted by Gasteiger charge is 2.27. The number of imidazole rings is 1. The van der Waals surface area contributed by atoms with Crippen LogP contribution in [0.3, 0.4) is 0 Å². The number of hydrogen-bond donors (Lipinski definition) is 2. The molecule has 5 heteroatoms. The van der Waals surface area contributed by atoms with Gasteiger partial charge in [-0.25, -0.2) is 9.78 Å². The van der Waals surface area contributed by atoms with E-state index >= 15 is 0 Å². The van der Waals surface area contributed by atoms with E-state index in [4.69, 9.17) is 0 Å². The van der Waals surface area contributed by atoms with E-state index in [9.17, 15) is 4.79 Å². The van der Waals surface area contributed by atoms with E-state index in [1.54, 1.807) is 0 Å². The second-order valence-electron chi connectivity index (χ2n) is 6.34. The van der Waals surface area contributed by atoms with Crippen LogP contribution >= 0.6 is 0 Å². The first-order chi connectivity index (χ1) is 10.3. The quantitative estimate of drug-likeness (QED) is 0.819. The maximum atomic E-state index is 11.9. The standard InChI is InChI=1S/C16H26N4O/c21-16(19-14-5-3-1-2-4-6-14)18-10-12-20-11-9-17-15(20)13-7-8-13/h9,11,13-14H,1-8,10,12H2,(H2,18,19,21). The molecule has 0 aliphatic heterocycles. The van der Waals surface area contributed by atoms with Gasteiger partial charge in [0, 0.05) is 37.4 Å². The highest BCUT2D eigenvalue weighted by atomic mass is 16.2. The van der Waals surface area contributed by atoms with Gasteiger partial charge in [-0.2, -0.15) is 0 Å². The van der Waals surface area contributed by atoms with Crippen LogP contribution in [-0.4, -0.2) is 28.2 Å². The molecule has 116 valence electrons. The Kier molecular flexibility index (Phi) is 4.78. The predicted molar refractivity (Wildman–Crippen MR) is 82.2 cm³/mol. The summed E-state index contributed by atoms with van der Waals surface area (Å²) in [5.74, 6) is 1.83. The summed E-state index contributed by atoms with van der Waals surface area (Å²) < 4.78 is 2.17. The summed E-state index contributed by atoms with van der Waals surface area (Å²) in [5.41, 5.74) is 0. The third kappa shape index (κ3) is 4.22. The van der Waals surface area contributed by atoms with Gasteiger partial charge in [0.1, 0.15) is 5.82 Å². The summed E-state index contributed by atoms with van der Waals surface area (Å²) >= 11 is 0. The predicted octanol–water partition coefficient (Wildman–Crippen LogP) is 2.78. The Labute approximate surface area is 126 Å². The van der Waals surface area contributed by atoms with Gasteiger partial charge in [-0.1, -0.05) is 25.7 Å². The van der Waals surface area contributed by atoms with E-state index in [0.29, 0.717) is 18.5 Å². The minimum atomic E-state index is -0.0185. The molecule has 3 rings (SSSR count). The first-order valence-corrected chi connectivity index (χ1v) is 8.38. The number of amides is 2. The Morgan fingerprint density at radius 2 is 1.95 bits per heavy atom. The van der Waals surface area contributed by atoms with E-state index in [0.717, 1.165) is 19.4 Å². The fourth-order valence-corrected chi connectivity index (χ4v) is 3.16. The number of rotatable bonds is 5. The van der Waals surface area contributed by atoms with Crippen LogP contribution in [-0.2, 0) is 6.54 Å². The molecule has 0 atom stereocenters. The zero-order valence-corrected chi connectivity index (χ0v) is 12.7. The van der Waals surface area contributed by atoms with Gasteiger partial charge in [0.2, 0.25) is 0 Å². The average Bonchev–Trinajstić information content (AvgIpc) is 3.25. The fourth-order valence-electron chi connectivity index (χ4n) is 3.16. The molecular formula is C16H26N4O. The molecule has 2 aliphatic rings. The van der Waals surface area contributed by atoms with Crippen molar-refractivity contribution >= 4 is 6.03 Å². The largest absolute Gasteiger partial charge is 0.336 e. The highest BCUT2D eigenvalue weighted by Crippen LogP contribution is 2.38. The molecule has 2 N–H and O–H groups in total. The Morgan fingerprint density at radius 3 is 2.67 bits per heavy atom. The Bertz CT molecular complexity index is 459. The summed E-state index contributed by atoms with van der Waals surface area (Å²) in [6.07, 6.45) is 13.7. The van der Waals surface area contributed by atoms with Gasteiger partial charge in [-0.15, -0.1) is 0 Å². The fraction of sp³-hybridized carbons (Fsp3) is 0.750. The molecule has 2 amide bonds. The van der Waals surface area contributed by atoms with Crippen LogP contribution in [0.1, 0.15) is 63.1 Å². The minimum absolute atomic E-state index is 0.0185. The topological polar surface area (TPSA) is 59.0 Å². The second-order valence-corrected chi connectivity index (χ2v) is 6.34. The van der Waals surface area contributed by atoms with E-state index in [1.165, 1.54) is 44.3 Å². The monoisotopic (exact) mass is 290 g/mol.